The Kier molecular flexibility index (Phi) is 6.36. The van der Waals surface area contributed by atoms with Gasteiger partial charge in [-0.1, -0.05) is 27.7 Å². The molecule has 0 saturated carbocycles. The Labute approximate surface area is 121 Å². The van der Waals surface area contributed by atoms with E-state index in [0.29, 0.717) is 6.04 Å². The summed E-state index contributed by atoms with van der Waals surface area (Å²) in [4.78, 5) is 0. The summed E-state index contributed by atoms with van der Waals surface area (Å²) in [7, 11) is 0. The predicted octanol–water partition coefficient (Wildman–Crippen LogP) is 2.76. The third-order valence-electron chi connectivity index (χ3n) is 3.11. The van der Waals surface area contributed by atoms with Crippen molar-refractivity contribution in [2.24, 2.45) is 5.84 Å². The van der Waals surface area contributed by atoms with Gasteiger partial charge >= 0.3 is 0 Å². The van der Waals surface area contributed by atoms with Gasteiger partial charge in [-0.3, -0.25) is 16.0 Å². The minimum atomic E-state index is 0.268. The molecule has 19 heavy (non-hydrogen) atoms. The van der Waals surface area contributed by atoms with E-state index in [1.807, 2.05) is 16.4 Å². The van der Waals surface area contributed by atoms with E-state index in [1.54, 1.807) is 0 Å². The normalized spacial score (nSPS) is 15.5. The molecule has 1 heterocycles. The van der Waals surface area contributed by atoms with Crippen LogP contribution in [0.5, 0.6) is 0 Å². The largest absolute Gasteiger partial charge is 0.271 e. The lowest BCUT2D eigenvalue weighted by Gasteiger charge is -2.22. The third-order valence-corrected chi connectivity index (χ3v) is 4.55. The maximum Gasteiger partial charge on any atom is 0.0641 e. The molecule has 0 radical (unpaired) electrons. The smallest absolute Gasteiger partial charge is 0.0641 e. The molecular weight excluding hydrogens is 256 g/mol. The first kappa shape index (κ1) is 16.5. The van der Waals surface area contributed by atoms with E-state index in [4.69, 9.17) is 5.84 Å². The van der Waals surface area contributed by atoms with Gasteiger partial charge in [0, 0.05) is 35.2 Å². The molecule has 0 aliphatic carbocycles. The molecule has 0 amide bonds. The lowest BCUT2D eigenvalue weighted by atomic mass is 10.2. The number of thioether (sulfide) groups is 1. The summed E-state index contributed by atoms with van der Waals surface area (Å²) < 4.78 is 2.31. The topological polar surface area (TPSA) is 55.9 Å². The van der Waals surface area contributed by atoms with Gasteiger partial charge in [-0.15, -0.1) is 0 Å². The van der Waals surface area contributed by atoms with Crippen molar-refractivity contribution in [2.45, 2.75) is 64.3 Å². The second kappa shape index (κ2) is 7.31. The van der Waals surface area contributed by atoms with Gasteiger partial charge in [-0.2, -0.15) is 16.9 Å². The Bertz CT molecular complexity index is 370. The van der Waals surface area contributed by atoms with Crippen LogP contribution >= 0.6 is 11.8 Å². The van der Waals surface area contributed by atoms with E-state index in [0.717, 1.165) is 24.3 Å². The zero-order valence-electron chi connectivity index (χ0n) is 12.8. The molecule has 0 spiro atoms. The number of hydrogen-bond donors (Lipinski definition) is 2. The maximum absolute atomic E-state index is 5.64. The molecule has 0 fully saturated rings. The first-order valence-electron chi connectivity index (χ1n) is 6.99. The minimum Gasteiger partial charge on any atom is -0.271 e. The molecule has 5 heteroatoms. The molecule has 4 nitrogen and oxygen atoms in total. The molecular formula is C14H28N4S. The molecule has 1 rings (SSSR count). The van der Waals surface area contributed by atoms with Crippen LogP contribution in [0.3, 0.4) is 0 Å². The highest BCUT2D eigenvalue weighted by Crippen LogP contribution is 2.24. The van der Waals surface area contributed by atoms with E-state index < -0.39 is 0 Å². The van der Waals surface area contributed by atoms with Crippen LogP contribution in [0.15, 0.2) is 12.3 Å². The Morgan fingerprint density at radius 1 is 1.47 bits per heavy atom. The summed E-state index contributed by atoms with van der Waals surface area (Å²) in [6, 6.07) is 2.82. The summed E-state index contributed by atoms with van der Waals surface area (Å²) in [5, 5.41) is 4.63. The van der Waals surface area contributed by atoms with Crippen molar-refractivity contribution in [3.63, 3.8) is 0 Å². The fraction of sp³-hybridized carbons (Fsp3) is 0.786. The summed E-state index contributed by atoms with van der Waals surface area (Å²) in [5.41, 5.74) is 4.01. The summed E-state index contributed by atoms with van der Waals surface area (Å²) in [6.45, 7) is 11.0. The Morgan fingerprint density at radius 2 is 2.16 bits per heavy atom. The average molecular weight is 284 g/mol. The number of nitrogens with two attached hydrogens (primary N) is 1. The van der Waals surface area contributed by atoms with E-state index in [9.17, 15) is 0 Å². The van der Waals surface area contributed by atoms with Gasteiger partial charge in [-0.25, -0.2) is 0 Å². The Morgan fingerprint density at radius 3 is 2.68 bits per heavy atom. The first-order valence-corrected chi connectivity index (χ1v) is 7.98. The van der Waals surface area contributed by atoms with Crippen LogP contribution in [0.2, 0.25) is 0 Å². The van der Waals surface area contributed by atoms with Crippen LogP contribution in [-0.2, 0) is 6.42 Å². The highest BCUT2D eigenvalue weighted by molar-refractivity contribution is 8.00. The molecule has 0 saturated heterocycles. The van der Waals surface area contributed by atoms with Crippen LogP contribution < -0.4 is 11.3 Å². The van der Waals surface area contributed by atoms with Gasteiger partial charge in [0.1, 0.15) is 0 Å². The minimum absolute atomic E-state index is 0.268. The van der Waals surface area contributed by atoms with Gasteiger partial charge in [-0.05, 0) is 19.4 Å². The van der Waals surface area contributed by atoms with Crippen molar-refractivity contribution in [3.05, 3.63) is 18.0 Å². The van der Waals surface area contributed by atoms with Crippen molar-refractivity contribution in [3.8, 4) is 0 Å². The Hall–Kier alpha value is -0.520. The van der Waals surface area contributed by atoms with Crippen molar-refractivity contribution in [2.75, 3.05) is 5.75 Å². The highest BCUT2D eigenvalue weighted by atomic mass is 32.2. The fourth-order valence-corrected chi connectivity index (χ4v) is 2.60. The second-order valence-corrected chi connectivity index (χ2v) is 7.88. The molecule has 0 aliphatic heterocycles. The van der Waals surface area contributed by atoms with Crippen molar-refractivity contribution in [1.29, 1.82) is 0 Å². The van der Waals surface area contributed by atoms with Crippen molar-refractivity contribution < 1.29 is 0 Å². The number of rotatable bonds is 7. The molecule has 0 bridgehead atoms. The van der Waals surface area contributed by atoms with Gasteiger partial charge in [0.05, 0.1) is 5.69 Å². The monoisotopic (exact) mass is 284 g/mol. The predicted molar refractivity (Wildman–Crippen MR) is 84.3 cm³/mol. The van der Waals surface area contributed by atoms with Crippen LogP contribution in [0.4, 0.5) is 0 Å². The standard InChI is InChI=1S/C14H28N4S/c1-6-11(2)18-8-7-12(17-18)9-13(16-15)10-19-14(3,4)5/h7-8,11,13,16H,6,9-10,15H2,1-5H3. The quantitative estimate of drug-likeness (QED) is 0.597. The lowest BCUT2D eigenvalue weighted by Crippen LogP contribution is -2.39. The highest BCUT2D eigenvalue weighted by Gasteiger charge is 2.16. The summed E-state index contributed by atoms with van der Waals surface area (Å²) in [5.74, 6) is 6.64. The third kappa shape index (κ3) is 5.97. The van der Waals surface area contributed by atoms with Gasteiger partial charge < -0.3 is 0 Å². The second-order valence-electron chi connectivity index (χ2n) is 6.04. The number of nitrogens with one attached hydrogen (secondary N) is 1. The molecule has 0 aliphatic rings. The SMILES string of the molecule is CCC(C)n1ccc(CC(CSC(C)(C)C)NN)n1. The number of hydrazine groups is 1. The van der Waals surface area contributed by atoms with Gasteiger partial charge in [0.25, 0.3) is 0 Å². The van der Waals surface area contributed by atoms with Crippen LogP contribution in [0.1, 0.15) is 52.8 Å². The zero-order chi connectivity index (χ0) is 14.5. The molecule has 110 valence electrons. The van der Waals surface area contributed by atoms with Crippen LogP contribution in [-0.4, -0.2) is 26.3 Å². The number of aromatic nitrogens is 2. The van der Waals surface area contributed by atoms with Crippen molar-refractivity contribution >= 4 is 11.8 Å². The lowest BCUT2D eigenvalue weighted by molar-refractivity contribution is 0.469. The maximum atomic E-state index is 5.64. The zero-order valence-corrected chi connectivity index (χ0v) is 13.6. The average Bonchev–Trinajstić information content (AvgIpc) is 2.80. The molecule has 2 unspecified atom stereocenters. The summed E-state index contributed by atoms with van der Waals surface area (Å²) in [6.07, 6.45) is 4.04. The van der Waals surface area contributed by atoms with E-state index >= 15 is 0 Å². The first-order chi connectivity index (χ1) is 8.85. The number of nitrogens with zero attached hydrogens (tertiary/aromatic N) is 2. The van der Waals surface area contributed by atoms with Gasteiger partial charge in [0.15, 0.2) is 0 Å². The van der Waals surface area contributed by atoms with E-state index in [2.05, 4.69) is 57.4 Å². The van der Waals surface area contributed by atoms with E-state index in [-0.39, 0.29) is 10.8 Å². The molecule has 1 aromatic rings. The molecule has 1 aromatic heterocycles. The molecule has 2 atom stereocenters. The van der Waals surface area contributed by atoms with Crippen LogP contribution in [0.25, 0.3) is 0 Å². The molecule has 0 aromatic carbocycles. The fourth-order valence-electron chi connectivity index (χ4n) is 1.69. The van der Waals surface area contributed by atoms with Gasteiger partial charge in [0.2, 0.25) is 0 Å². The van der Waals surface area contributed by atoms with Crippen molar-refractivity contribution in [1.82, 2.24) is 15.2 Å². The summed E-state index contributed by atoms with van der Waals surface area (Å²) >= 11 is 1.93. The molecule has 3 N–H and O–H groups in total. The number of hydrogen-bond acceptors (Lipinski definition) is 4. The van der Waals surface area contributed by atoms with Crippen LogP contribution in [0, 0.1) is 0 Å². The van der Waals surface area contributed by atoms with E-state index in [1.165, 1.54) is 0 Å². The Balaban J connectivity index is 2.53.